The number of carbonyl (C=O) groups excluding carboxylic acids is 4. The van der Waals surface area contributed by atoms with E-state index in [1.54, 1.807) is 20.8 Å². The molecular formula is C23H25N5O7S2. The number of nitrogens with zero attached hydrogens (tertiary/aromatic N) is 3. The normalized spacial score (nSPS) is 19.2. The standard InChI is InChI=1S/C23H25N5O7S2/c1-6-8-35-27-14(13-10-37-22(24)25-13)17(29)26-15-18(30)28-16(12(7-2)9-36-19(15)28)20(31)33-11-34-21(32)23(3,4)5/h1,7,10,15,19H,2,8-9,11H2,3-5H3,(H2,24,25)(H,26,29)/t15?,19-/m0/s1. The summed E-state index contributed by atoms with van der Waals surface area (Å²) in [4.78, 5) is 61.0. The highest BCUT2D eigenvalue weighted by atomic mass is 32.2. The number of rotatable bonds is 9. The van der Waals surface area contributed by atoms with Crippen molar-refractivity contribution in [2.24, 2.45) is 10.6 Å². The molecule has 1 fully saturated rings. The number of amides is 2. The third-order valence-corrected chi connectivity index (χ3v) is 6.98. The molecule has 3 N–H and O–H groups in total. The molecule has 2 atom stereocenters. The summed E-state index contributed by atoms with van der Waals surface area (Å²) in [7, 11) is 0. The van der Waals surface area contributed by atoms with Crippen molar-refractivity contribution in [3.8, 4) is 12.3 Å². The van der Waals surface area contributed by atoms with E-state index in [4.69, 9.17) is 26.5 Å². The number of aromatic nitrogens is 1. The van der Waals surface area contributed by atoms with E-state index in [-0.39, 0.29) is 28.8 Å². The van der Waals surface area contributed by atoms with E-state index in [1.807, 2.05) is 0 Å². The smallest absolute Gasteiger partial charge is 0.358 e. The number of nitrogens with one attached hydrogen (secondary N) is 1. The van der Waals surface area contributed by atoms with Crippen molar-refractivity contribution in [3.05, 3.63) is 35.0 Å². The molecule has 0 aromatic carbocycles. The van der Waals surface area contributed by atoms with Gasteiger partial charge in [-0.25, -0.2) is 9.78 Å². The van der Waals surface area contributed by atoms with Crippen LogP contribution in [0.4, 0.5) is 5.13 Å². The van der Waals surface area contributed by atoms with E-state index in [1.165, 1.54) is 28.1 Å². The maximum atomic E-state index is 13.0. The molecule has 0 aliphatic carbocycles. The zero-order valence-electron chi connectivity index (χ0n) is 20.3. The summed E-state index contributed by atoms with van der Waals surface area (Å²) in [5.74, 6) is -0.148. The van der Waals surface area contributed by atoms with E-state index in [0.717, 1.165) is 11.3 Å². The Hall–Kier alpha value is -3.83. The Labute approximate surface area is 221 Å². The number of anilines is 1. The Morgan fingerprint density at radius 1 is 1.41 bits per heavy atom. The van der Waals surface area contributed by atoms with Crippen molar-refractivity contribution < 1.29 is 33.5 Å². The number of thioether (sulfide) groups is 1. The van der Waals surface area contributed by atoms with Crippen LogP contribution in [-0.2, 0) is 33.5 Å². The molecule has 0 bridgehead atoms. The SMILES string of the molecule is C#CCON=C(C(=O)NC1C(=O)N2C(C(=O)OCOC(=O)C(C)(C)C)=C(C=C)CS[C@@H]12)c1csc(N)n1. The largest absolute Gasteiger partial charge is 0.427 e. The van der Waals surface area contributed by atoms with Gasteiger partial charge in [-0.2, -0.15) is 0 Å². The van der Waals surface area contributed by atoms with Crippen molar-refractivity contribution in [2.75, 3.05) is 24.9 Å². The maximum absolute atomic E-state index is 13.0. The summed E-state index contributed by atoms with van der Waals surface area (Å²) in [6, 6.07) is -0.973. The lowest BCUT2D eigenvalue weighted by molar-refractivity contribution is -0.173. The number of fused-ring (bicyclic) bond motifs is 1. The lowest BCUT2D eigenvalue weighted by atomic mass is 9.98. The fourth-order valence-corrected chi connectivity index (χ4v) is 5.04. The first-order valence-electron chi connectivity index (χ1n) is 10.8. The number of esters is 2. The number of nitrogens with two attached hydrogens (primary N) is 1. The molecule has 1 unspecified atom stereocenters. The van der Waals surface area contributed by atoms with E-state index in [0.29, 0.717) is 11.3 Å². The number of terminal acetylenes is 1. The van der Waals surface area contributed by atoms with Crippen LogP contribution in [0.5, 0.6) is 0 Å². The minimum atomic E-state index is -0.973. The van der Waals surface area contributed by atoms with Gasteiger partial charge in [0, 0.05) is 11.1 Å². The Morgan fingerprint density at radius 3 is 2.73 bits per heavy atom. The highest BCUT2D eigenvalue weighted by molar-refractivity contribution is 8.00. The summed E-state index contributed by atoms with van der Waals surface area (Å²) >= 11 is 2.42. The summed E-state index contributed by atoms with van der Waals surface area (Å²) in [5, 5.41) is 7.47. The molecule has 196 valence electrons. The second-order valence-corrected chi connectivity index (χ2v) is 10.7. The molecule has 0 spiro atoms. The lowest BCUT2D eigenvalue weighted by Crippen LogP contribution is -2.71. The first-order chi connectivity index (χ1) is 17.5. The Morgan fingerprint density at radius 2 is 2.14 bits per heavy atom. The van der Waals surface area contributed by atoms with Crippen molar-refractivity contribution in [3.63, 3.8) is 0 Å². The van der Waals surface area contributed by atoms with Crippen LogP contribution < -0.4 is 11.1 Å². The quantitative estimate of drug-likeness (QED) is 0.0868. The van der Waals surface area contributed by atoms with Crippen LogP contribution in [0, 0.1) is 17.8 Å². The summed E-state index contributed by atoms with van der Waals surface area (Å²) in [6.07, 6.45) is 6.60. The van der Waals surface area contributed by atoms with Gasteiger partial charge in [-0.1, -0.05) is 23.7 Å². The number of hydrogen-bond acceptors (Lipinski definition) is 12. The number of ether oxygens (including phenoxy) is 2. The van der Waals surface area contributed by atoms with Gasteiger partial charge in [0.2, 0.25) is 6.79 Å². The van der Waals surface area contributed by atoms with Gasteiger partial charge in [0.05, 0.1) is 5.41 Å². The topological polar surface area (TPSA) is 163 Å². The molecule has 37 heavy (non-hydrogen) atoms. The second-order valence-electron chi connectivity index (χ2n) is 8.66. The van der Waals surface area contributed by atoms with Gasteiger partial charge in [-0.15, -0.1) is 29.5 Å². The molecule has 2 aliphatic rings. The van der Waals surface area contributed by atoms with Crippen molar-refractivity contribution in [1.29, 1.82) is 0 Å². The molecule has 2 amide bonds. The van der Waals surface area contributed by atoms with Gasteiger partial charge in [0.15, 0.2) is 17.5 Å². The zero-order chi connectivity index (χ0) is 27.3. The fourth-order valence-electron chi connectivity index (χ4n) is 3.15. The first kappa shape index (κ1) is 27.8. The van der Waals surface area contributed by atoms with E-state index in [9.17, 15) is 19.2 Å². The van der Waals surface area contributed by atoms with Crippen LogP contribution in [0.25, 0.3) is 0 Å². The highest BCUT2D eigenvalue weighted by Gasteiger charge is 2.54. The van der Waals surface area contributed by atoms with Gasteiger partial charge < -0.3 is 25.4 Å². The molecule has 3 heterocycles. The molecule has 1 aromatic rings. The van der Waals surface area contributed by atoms with Crippen LogP contribution in [-0.4, -0.2) is 69.9 Å². The third-order valence-electron chi connectivity index (χ3n) is 5.00. The van der Waals surface area contributed by atoms with Gasteiger partial charge in [-0.05, 0) is 26.3 Å². The molecule has 1 aromatic heterocycles. The van der Waals surface area contributed by atoms with Crippen LogP contribution in [0.15, 0.2) is 34.5 Å². The number of oxime groups is 1. The zero-order valence-corrected chi connectivity index (χ0v) is 21.9. The maximum Gasteiger partial charge on any atom is 0.358 e. The van der Waals surface area contributed by atoms with Crippen LogP contribution in [0.3, 0.4) is 0 Å². The summed E-state index contributed by atoms with van der Waals surface area (Å²) < 4.78 is 10.1. The molecule has 1 saturated heterocycles. The van der Waals surface area contributed by atoms with Crippen molar-refractivity contribution in [2.45, 2.75) is 32.2 Å². The number of hydrogen-bond donors (Lipinski definition) is 2. The van der Waals surface area contributed by atoms with Crippen LogP contribution in [0.1, 0.15) is 26.5 Å². The Bertz CT molecular complexity index is 1220. The van der Waals surface area contributed by atoms with Crippen LogP contribution in [0.2, 0.25) is 0 Å². The third kappa shape index (κ3) is 6.12. The minimum Gasteiger partial charge on any atom is -0.427 e. The fraction of sp³-hybridized carbons (Fsp3) is 0.391. The summed E-state index contributed by atoms with van der Waals surface area (Å²) in [6.45, 7) is 7.88. The first-order valence-corrected chi connectivity index (χ1v) is 12.7. The van der Waals surface area contributed by atoms with Crippen molar-refractivity contribution >= 4 is 57.7 Å². The monoisotopic (exact) mass is 547 g/mol. The molecule has 0 saturated carbocycles. The average Bonchev–Trinajstić information content (AvgIpc) is 3.28. The molecule has 0 radical (unpaired) electrons. The van der Waals surface area contributed by atoms with Gasteiger partial charge in [-0.3, -0.25) is 19.3 Å². The predicted molar refractivity (Wildman–Crippen MR) is 137 cm³/mol. The van der Waals surface area contributed by atoms with Gasteiger partial charge in [0.25, 0.3) is 11.8 Å². The number of thiazole rings is 1. The van der Waals surface area contributed by atoms with E-state index in [2.05, 4.69) is 28.0 Å². The Kier molecular flexibility index (Phi) is 8.61. The lowest BCUT2D eigenvalue weighted by Gasteiger charge is -2.49. The average molecular weight is 548 g/mol. The second kappa shape index (κ2) is 11.5. The van der Waals surface area contributed by atoms with Gasteiger partial charge in [0.1, 0.15) is 22.8 Å². The predicted octanol–water partition coefficient (Wildman–Crippen LogP) is 1.01. The Balaban J connectivity index is 1.72. The van der Waals surface area contributed by atoms with Gasteiger partial charge >= 0.3 is 11.9 Å². The minimum absolute atomic E-state index is 0.0282. The number of allylic oxidation sites excluding steroid dienone is 1. The van der Waals surface area contributed by atoms with Crippen LogP contribution >= 0.6 is 23.1 Å². The molecule has 12 nitrogen and oxygen atoms in total. The van der Waals surface area contributed by atoms with Crippen molar-refractivity contribution in [1.82, 2.24) is 15.2 Å². The van der Waals surface area contributed by atoms with E-state index < -0.39 is 47.4 Å². The molecule has 14 heteroatoms. The number of nitrogen functional groups attached to an aromatic ring is 1. The summed E-state index contributed by atoms with van der Waals surface area (Å²) in [5.41, 5.74) is 5.27. The number of β-lactam (4-membered cyclic amide) rings is 1. The number of carbonyl (C=O) groups is 4. The molecule has 2 aliphatic heterocycles. The molecule has 3 rings (SSSR count). The van der Waals surface area contributed by atoms with E-state index >= 15 is 0 Å². The molecular weight excluding hydrogens is 522 g/mol. The highest BCUT2D eigenvalue weighted by Crippen LogP contribution is 2.41.